The maximum atomic E-state index is 9.93. The molecule has 0 fully saturated rings. The van der Waals surface area contributed by atoms with Crippen LogP contribution in [0.25, 0.3) is 0 Å². The molecule has 0 aliphatic carbocycles. The Morgan fingerprint density at radius 1 is 1.50 bits per heavy atom. The molecule has 0 spiro atoms. The fourth-order valence-corrected chi connectivity index (χ4v) is 0.656. The zero-order chi connectivity index (χ0) is 7.40. The molecule has 0 heterocycles. The zero-order valence-electron chi connectivity index (χ0n) is 7.29. The van der Waals surface area contributed by atoms with Crippen molar-refractivity contribution in [2.45, 2.75) is 6.92 Å². The third kappa shape index (κ3) is 4.63. The Labute approximate surface area is 98.6 Å². The Kier molecular flexibility index (Phi) is 8.89. The molecule has 0 bridgehead atoms. The number of anilines is 1. The van der Waals surface area contributed by atoms with Crippen molar-refractivity contribution in [3.63, 3.8) is 0 Å². The Morgan fingerprint density at radius 3 is 2.58 bits per heavy atom. The van der Waals surface area contributed by atoms with Gasteiger partial charge < -0.3 is 12.7 Å². The summed E-state index contributed by atoms with van der Waals surface area (Å²) in [6.07, 6.45) is 0.640. The van der Waals surface area contributed by atoms with Gasteiger partial charge in [0.2, 0.25) is 6.41 Å². The van der Waals surface area contributed by atoms with Gasteiger partial charge in [-0.1, -0.05) is 12.6 Å². The first-order valence-corrected chi connectivity index (χ1v) is 3.01. The van der Waals surface area contributed by atoms with E-state index in [1.807, 2.05) is 25.1 Å². The molecule has 1 N–H and O–H groups in total. The van der Waals surface area contributed by atoms with Gasteiger partial charge in [0.05, 0.1) is 0 Å². The summed E-state index contributed by atoms with van der Waals surface area (Å²) >= 11 is 0. The molecule has 2 nitrogen and oxygen atoms in total. The van der Waals surface area contributed by atoms with Gasteiger partial charge >= 0.3 is 0 Å². The molecule has 0 aliphatic heterocycles. The molecular formula is C9H11NOY-2. The summed E-state index contributed by atoms with van der Waals surface area (Å²) < 4.78 is 0. The molecular weight excluding hydrogens is 227 g/mol. The Hall–Kier alpha value is -0.206. The Morgan fingerprint density at radius 2 is 2.17 bits per heavy atom. The minimum Gasteiger partial charge on any atom is -0.358 e. The minimum atomic E-state index is 0. The maximum Gasteiger partial charge on any atom is 0.209 e. The zero-order valence-corrected chi connectivity index (χ0v) is 10.1. The molecule has 1 rings (SSSR count). The second-order valence-electron chi connectivity index (χ2n) is 2.04. The molecule has 0 aliphatic rings. The normalized spacial score (nSPS) is 7.42. The monoisotopic (exact) mass is 238 g/mol. The Balaban J connectivity index is 0. The molecule has 1 aromatic rings. The molecule has 1 aromatic carbocycles. The van der Waals surface area contributed by atoms with Crippen molar-refractivity contribution in [1.82, 2.24) is 0 Å². The third-order valence-electron chi connectivity index (χ3n) is 1.18. The second kappa shape index (κ2) is 7.44. The Bertz CT molecular complexity index is 220. The van der Waals surface area contributed by atoms with Gasteiger partial charge in [0.15, 0.2) is 0 Å². The predicted molar refractivity (Wildman–Crippen MR) is 46.1 cm³/mol. The van der Waals surface area contributed by atoms with Gasteiger partial charge in [-0.05, 0) is 0 Å². The second-order valence-corrected chi connectivity index (χ2v) is 2.04. The van der Waals surface area contributed by atoms with E-state index < -0.39 is 0 Å². The fourth-order valence-electron chi connectivity index (χ4n) is 0.656. The fraction of sp³-hybridized carbons (Fsp3) is 0.111. The summed E-state index contributed by atoms with van der Waals surface area (Å²) in [5, 5.41) is 2.50. The van der Waals surface area contributed by atoms with Crippen molar-refractivity contribution in [3.05, 3.63) is 37.3 Å². The summed E-state index contributed by atoms with van der Waals surface area (Å²) in [4.78, 5) is 9.93. The van der Waals surface area contributed by atoms with Gasteiger partial charge in [-0.15, -0.1) is 6.07 Å². The van der Waals surface area contributed by atoms with E-state index in [0.29, 0.717) is 12.1 Å². The van der Waals surface area contributed by atoms with Crippen molar-refractivity contribution < 1.29 is 37.5 Å². The number of nitrogens with one attached hydrogen (secondary N) is 1. The molecule has 0 saturated heterocycles. The molecule has 0 unspecified atom stereocenters. The van der Waals surface area contributed by atoms with E-state index >= 15 is 0 Å². The SMILES string of the molecule is Cc1c[c-]c(NC=O)cc1.[CH3-].[Y]. The summed E-state index contributed by atoms with van der Waals surface area (Å²) in [6, 6.07) is 8.45. The number of benzene rings is 1. The van der Waals surface area contributed by atoms with Crippen LogP contribution in [0, 0.1) is 20.4 Å². The standard InChI is InChI=1S/C8H8NO.CH3.Y/c1-7-2-4-8(5-3-7)9-6-10;;/h2-4,6H,1H3,(H,9,10);1H3;/q2*-1;. The van der Waals surface area contributed by atoms with Crippen molar-refractivity contribution in [2.24, 2.45) is 0 Å². The van der Waals surface area contributed by atoms with Crippen molar-refractivity contribution >= 4 is 12.1 Å². The van der Waals surface area contributed by atoms with Crippen LogP contribution in [0.3, 0.4) is 0 Å². The molecule has 12 heavy (non-hydrogen) atoms. The van der Waals surface area contributed by atoms with Crippen molar-refractivity contribution in [1.29, 1.82) is 0 Å². The quantitative estimate of drug-likeness (QED) is 0.617. The maximum absolute atomic E-state index is 9.93. The number of carbonyl (C=O) groups is 1. The molecule has 0 saturated carbocycles. The molecule has 3 heteroatoms. The molecule has 63 valence electrons. The van der Waals surface area contributed by atoms with Gasteiger partial charge in [0.1, 0.15) is 0 Å². The van der Waals surface area contributed by atoms with Gasteiger partial charge in [-0.3, -0.25) is 4.79 Å². The van der Waals surface area contributed by atoms with E-state index in [1.54, 1.807) is 0 Å². The van der Waals surface area contributed by atoms with E-state index in [9.17, 15) is 4.79 Å². The predicted octanol–water partition coefficient (Wildman–Crippen LogP) is 1.81. The van der Waals surface area contributed by atoms with Gasteiger partial charge in [-0.25, -0.2) is 0 Å². The first-order chi connectivity index (χ1) is 4.83. The summed E-state index contributed by atoms with van der Waals surface area (Å²) in [5.41, 5.74) is 1.84. The van der Waals surface area contributed by atoms with Crippen LogP contribution in [0.1, 0.15) is 5.56 Å². The number of amides is 1. The summed E-state index contributed by atoms with van der Waals surface area (Å²) in [5.74, 6) is 0. The molecule has 1 radical (unpaired) electrons. The van der Waals surface area contributed by atoms with Crippen LogP contribution in [0.5, 0.6) is 0 Å². The smallest absolute Gasteiger partial charge is 0.209 e. The van der Waals surface area contributed by atoms with Crippen LogP contribution < -0.4 is 5.32 Å². The van der Waals surface area contributed by atoms with Crippen LogP contribution in [0.2, 0.25) is 0 Å². The van der Waals surface area contributed by atoms with Crippen molar-refractivity contribution in [3.8, 4) is 0 Å². The average molecular weight is 238 g/mol. The molecule has 0 atom stereocenters. The minimum absolute atomic E-state index is 0. The van der Waals surface area contributed by atoms with E-state index in [2.05, 4.69) is 11.4 Å². The number of hydrogen-bond donors (Lipinski definition) is 1. The van der Waals surface area contributed by atoms with E-state index in [1.165, 1.54) is 0 Å². The van der Waals surface area contributed by atoms with E-state index in [4.69, 9.17) is 0 Å². The van der Waals surface area contributed by atoms with E-state index in [0.717, 1.165) is 5.56 Å². The number of carbonyl (C=O) groups excluding carboxylic acids is 1. The first-order valence-electron chi connectivity index (χ1n) is 3.01. The average Bonchev–Trinajstić information content (AvgIpc) is 1.95. The van der Waals surface area contributed by atoms with E-state index in [-0.39, 0.29) is 40.1 Å². The van der Waals surface area contributed by atoms with Crippen LogP contribution >= 0.6 is 0 Å². The van der Waals surface area contributed by atoms with Crippen molar-refractivity contribution in [2.75, 3.05) is 5.32 Å². The third-order valence-corrected chi connectivity index (χ3v) is 1.18. The first kappa shape index (κ1) is 14.3. The summed E-state index contributed by atoms with van der Waals surface area (Å²) in [6.45, 7) is 1.97. The van der Waals surface area contributed by atoms with Crippen LogP contribution in [0.15, 0.2) is 18.2 Å². The van der Waals surface area contributed by atoms with Crippen LogP contribution in [-0.4, -0.2) is 6.41 Å². The van der Waals surface area contributed by atoms with Gasteiger partial charge in [-0.2, -0.15) is 23.8 Å². The number of aryl methyl sites for hydroxylation is 1. The number of hydrogen-bond acceptors (Lipinski definition) is 1. The topological polar surface area (TPSA) is 29.1 Å². The largest absolute Gasteiger partial charge is 0.358 e. The number of rotatable bonds is 2. The molecule has 1 amide bonds. The molecule has 0 aromatic heterocycles. The van der Waals surface area contributed by atoms with Gasteiger partial charge in [0, 0.05) is 32.7 Å². The van der Waals surface area contributed by atoms with Crippen LogP contribution in [-0.2, 0) is 37.5 Å². The van der Waals surface area contributed by atoms with Gasteiger partial charge in [0.25, 0.3) is 0 Å². The van der Waals surface area contributed by atoms with Crippen LogP contribution in [0.4, 0.5) is 5.69 Å². The summed E-state index contributed by atoms with van der Waals surface area (Å²) in [7, 11) is 0.